The van der Waals surface area contributed by atoms with Crippen molar-refractivity contribution in [1.29, 1.82) is 0 Å². The van der Waals surface area contributed by atoms with E-state index in [1.54, 1.807) is 30.3 Å². The van der Waals surface area contributed by atoms with Gasteiger partial charge in [0.15, 0.2) is 0 Å². The van der Waals surface area contributed by atoms with E-state index in [0.29, 0.717) is 16.3 Å². The molecule has 0 bridgehead atoms. The van der Waals surface area contributed by atoms with E-state index >= 15 is 0 Å². The molecule has 2 nitrogen and oxygen atoms in total. The molecule has 2 aromatic carbocycles. The summed E-state index contributed by atoms with van der Waals surface area (Å²) in [6.45, 7) is 1.98. The average molecular weight is 373 g/mol. The Hall–Kier alpha value is -1.07. The van der Waals surface area contributed by atoms with Gasteiger partial charge in [-0.25, -0.2) is 4.79 Å². The van der Waals surface area contributed by atoms with Crippen molar-refractivity contribution in [2.45, 2.75) is 6.92 Å². The zero-order valence-corrected chi connectivity index (χ0v) is 12.5. The van der Waals surface area contributed by atoms with Crippen LogP contribution in [0.1, 0.15) is 15.9 Å². The Morgan fingerprint density at radius 3 is 2.44 bits per heavy atom. The van der Waals surface area contributed by atoms with Crippen LogP contribution in [0.15, 0.2) is 42.5 Å². The Morgan fingerprint density at radius 2 is 1.83 bits per heavy atom. The second-order valence-corrected chi connectivity index (χ2v) is 5.40. The van der Waals surface area contributed by atoms with Crippen LogP contribution in [0.3, 0.4) is 0 Å². The first kappa shape index (κ1) is 13.4. The van der Waals surface area contributed by atoms with Gasteiger partial charge >= 0.3 is 5.97 Å². The molecule has 0 heterocycles. The van der Waals surface area contributed by atoms with Gasteiger partial charge in [-0.3, -0.25) is 0 Å². The Kier molecular flexibility index (Phi) is 4.24. The van der Waals surface area contributed by atoms with Crippen molar-refractivity contribution < 1.29 is 9.53 Å². The molecule has 0 radical (unpaired) electrons. The SMILES string of the molecule is Cc1ccc(OC(=O)c2ccc(Cl)c(I)c2)cc1. The maximum atomic E-state index is 11.9. The minimum absolute atomic E-state index is 0.381. The van der Waals surface area contributed by atoms with E-state index in [-0.39, 0.29) is 5.97 Å². The Bertz CT molecular complexity index is 579. The summed E-state index contributed by atoms with van der Waals surface area (Å²) < 4.78 is 6.09. The molecule has 0 unspecified atom stereocenters. The quantitative estimate of drug-likeness (QED) is 0.442. The van der Waals surface area contributed by atoms with E-state index < -0.39 is 0 Å². The molecule has 0 saturated carbocycles. The third kappa shape index (κ3) is 3.23. The maximum absolute atomic E-state index is 11.9. The lowest BCUT2D eigenvalue weighted by Gasteiger charge is -2.05. The largest absolute Gasteiger partial charge is 0.423 e. The van der Waals surface area contributed by atoms with Gasteiger partial charge in [-0.1, -0.05) is 29.3 Å². The van der Waals surface area contributed by atoms with Crippen LogP contribution >= 0.6 is 34.2 Å². The molecule has 2 aromatic rings. The number of ether oxygens (including phenoxy) is 1. The Balaban J connectivity index is 2.16. The predicted molar refractivity (Wildman–Crippen MR) is 80.3 cm³/mol. The first-order valence-electron chi connectivity index (χ1n) is 5.30. The number of aryl methyl sites for hydroxylation is 1. The first-order valence-corrected chi connectivity index (χ1v) is 6.76. The van der Waals surface area contributed by atoms with Gasteiger partial charge in [0.05, 0.1) is 10.6 Å². The lowest BCUT2D eigenvalue weighted by molar-refractivity contribution is 0.0734. The van der Waals surface area contributed by atoms with Gasteiger partial charge in [0.1, 0.15) is 5.75 Å². The van der Waals surface area contributed by atoms with Crippen molar-refractivity contribution in [3.8, 4) is 5.75 Å². The average Bonchev–Trinajstić information content (AvgIpc) is 2.35. The van der Waals surface area contributed by atoms with Crippen LogP contribution in [0.2, 0.25) is 5.02 Å². The van der Waals surface area contributed by atoms with Crippen LogP contribution in [0.5, 0.6) is 5.75 Å². The van der Waals surface area contributed by atoms with Crippen molar-refractivity contribution in [2.75, 3.05) is 0 Å². The topological polar surface area (TPSA) is 26.3 Å². The van der Waals surface area contributed by atoms with Gasteiger partial charge in [-0.2, -0.15) is 0 Å². The lowest BCUT2D eigenvalue weighted by atomic mass is 10.2. The van der Waals surface area contributed by atoms with Gasteiger partial charge in [0, 0.05) is 3.57 Å². The molecule has 0 aliphatic heterocycles. The molecular weight excluding hydrogens is 363 g/mol. The summed E-state index contributed by atoms with van der Waals surface area (Å²) in [5, 5.41) is 0.627. The van der Waals surface area contributed by atoms with Crippen molar-refractivity contribution in [2.24, 2.45) is 0 Å². The van der Waals surface area contributed by atoms with E-state index in [1.807, 2.05) is 19.1 Å². The van der Waals surface area contributed by atoms with Gasteiger partial charge in [0.25, 0.3) is 0 Å². The summed E-state index contributed by atoms with van der Waals surface area (Å²) in [7, 11) is 0. The van der Waals surface area contributed by atoms with Gasteiger partial charge in [-0.15, -0.1) is 0 Å². The molecule has 0 N–H and O–H groups in total. The number of esters is 1. The Labute approximate surface area is 124 Å². The van der Waals surface area contributed by atoms with E-state index in [0.717, 1.165) is 9.13 Å². The van der Waals surface area contributed by atoms with Gasteiger partial charge in [0.2, 0.25) is 0 Å². The third-order valence-electron chi connectivity index (χ3n) is 2.39. The molecular formula is C14H10ClIO2. The summed E-state index contributed by atoms with van der Waals surface area (Å²) in [6.07, 6.45) is 0. The predicted octanol–water partition coefficient (Wildman–Crippen LogP) is 4.47. The highest BCUT2D eigenvalue weighted by molar-refractivity contribution is 14.1. The fraction of sp³-hybridized carbons (Fsp3) is 0.0714. The van der Waals surface area contributed by atoms with E-state index in [1.165, 1.54) is 0 Å². The van der Waals surface area contributed by atoms with E-state index in [9.17, 15) is 4.79 Å². The molecule has 0 fully saturated rings. The molecule has 92 valence electrons. The number of carbonyl (C=O) groups is 1. The molecule has 0 amide bonds. The number of hydrogen-bond acceptors (Lipinski definition) is 2. The highest BCUT2D eigenvalue weighted by Crippen LogP contribution is 2.20. The lowest BCUT2D eigenvalue weighted by Crippen LogP contribution is -2.08. The van der Waals surface area contributed by atoms with Crippen LogP contribution in [-0.2, 0) is 0 Å². The minimum Gasteiger partial charge on any atom is -0.423 e. The highest BCUT2D eigenvalue weighted by Gasteiger charge is 2.10. The molecule has 0 aromatic heterocycles. The fourth-order valence-electron chi connectivity index (χ4n) is 1.40. The smallest absolute Gasteiger partial charge is 0.343 e. The van der Waals surface area contributed by atoms with Crippen molar-refractivity contribution >= 4 is 40.2 Å². The molecule has 0 spiro atoms. The van der Waals surface area contributed by atoms with Crippen LogP contribution in [0, 0.1) is 10.5 Å². The summed E-state index contributed by atoms with van der Waals surface area (Å²) in [5.41, 5.74) is 1.61. The van der Waals surface area contributed by atoms with Crippen LogP contribution in [0.25, 0.3) is 0 Å². The van der Waals surface area contributed by atoms with Gasteiger partial charge in [-0.05, 0) is 59.8 Å². The van der Waals surface area contributed by atoms with Gasteiger partial charge < -0.3 is 4.74 Å². The number of hydrogen-bond donors (Lipinski definition) is 0. The molecule has 0 saturated heterocycles. The molecule has 0 aliphatic carbocycles. The Morgan fingerprint density at radius 1 is 1.17 bits per heavy atom. The summed E-state index contributed by atoms with van der Waals surface area (Å²) in [6, 6.07) is 12.4. The van der Waals surface area contributed by atoms with Crippen LogP contribution < -0.4 is 4.74 Å². The molecule has 0 aliphatic rings. The fourth-order valence-corrected chi connectivity index (χ4v) is 2.03. The highest BCUT2D eigenvalue weighted by atomic mass is 127. The number of benzene rings is 2. The second-order valence-electron chi connectivity index (χ2n) is 3.83. The molecule has 2 rings (SSSR count). The van der Waals surface area contributed by atoms with E-state index in [4.69, 9.17) is 16.3 Å². The summed E-state index contributed by atoms with van der Waals surface area (Å²) in [4.78, 5) is 11.9. The van der Waals surface area contributed by atoms with Crippen LogP contribution in [0.4, 0.5) is 0 Å². The monoisotopic (exact) mass is 372 g/mol. The standard InChI is InChI=1S/C14H10ClIO2/c1-9-2-5-11(6-3-9)18-14(17)10-4-7-12(15)13(16)8-10/h2-8H,1H3. The summed E-state index contributed by atoms with van der Waals surface area (Å²) in [5.74, 6) is 0.156. The van der Waals surface area contributed by atoms with Crippen molar-refractivity contribution in [3.05, 3.63) is 62.2 Å². The zero-order valence-electron chi connectivity index (χ0n) is 9.61. The normalized spacial score (nSPS) is 10.2. The molecule has 0 atom stereocenters. The van der Waals surface area contributed by atoms with Crippen molar-refractivity contribution in [3.63, 3.8) is 0 Å². The van der Waals surface area contributed by atoms with E-state index in [2.05, 4.69) is 22.6 Å². The number of carbonyl (C=O) groups excluding carboxylic acids is 1. The molecule has 18 heavy (non-hydrogen) atoms. The van der Waals surface area contributed by atoms with Crippen molar-refractivity contribution in [1.82, 2.24) is 0 Å². The minimum atomic E-state index is -0.381. The maximum Gasteiger partial charge on any atom is 0.343 e. The first-order chi connectivity index (χ1) is 8.56. The third-order valence-corrected chi connectivity index (χ3v) is 3.93. The molecule has 4 heteroatoms. The number of halogens is 2. The second kappa shape index (κ2) is 5.71. The number of rotatable bonds is 2. The summed E-state index contributed by atoms with van der Waals surface area (Å²) >= 11 is 7.98. The zero-order chi connectivity index (χ0) is 13.1. The van der Waals surface area contributed by atoms with Crippen LogP contribution in [-0.4, -0.2) is 5.97 Å².